The lowest BCUT2D eigenvalue weighted by Gasteiger charge is -2.29. The summed E-state index contributed by atoms with van der Waals surface area (Å²) in [5, 5.41) is 3.48. The van der Waals surface area contributed by atoms with Gasteiger partial charge in [-0.15, -0.1) is 0 Å². The topological polar surface area (TPSA) is 58.1 Å². The van der Waals surface area contributed by atoms with Crippen molar-refractivity contribution in [3.05, 3.63) is 58.9 Å². The van der Waals surface area contributed by atoms with Crippen molar-refractivity contribution in [3.8, 4) is 0 Å². The van der Waals surface area contributed by atoms with Gasteiger partial charge in [0.2, 0.25) is 5.91 Å². The molecule has 136 valence electrons. The molecule has 1 aromatic heterocycles. The number of amides is 1. The fraction of sp³-hybridized carbons (Fsp3) is 0.450. The Balaban J connectivity index is 1.44. The number of aromatic nitrogens is 2. The average Bonchev–Trinajstić information content (AvgIpc) is 2.69. The van der Waals surface area contributed by atoms with Crippen LogP contribution in [0, 0.1) is 5.82 Å². The van der Waals surface area contributed by atoms with Crippen molar-refractivity contribution in [1.29, 1.82) is 0 Å². The van der Waals surface area contributed by atoms with Gasteiger partial charge in [0.15, 0.2) is 0 Å². The second-order valence-electron chi connectivity index (χ2n) is 7.04. The molecular formula is C20H23FN4O. The Bertz CT molecular complexity index is 804. The molecule has 2 aliphatic rings. The van der Waals surface area contributed by atoms with Crippen LogP contribution in [0.15, 0.2) is 30.5 Å². The number of nitrogens with one attached hydrogen (secondary N) is 1. The zero-order chi connectivity index (χ0) is 17.9. The van der Waals surface area contributed by atoms with E-state index in [1.807, 2.05) is 6.20 Å². The molecule has 1 N–H and O–H groups in total. The second kappa shape index (κ2) is 7.50. The molecule has 6 heteroatoms. The van der Waals surface area contributed by atoms with Crippen LogP contribution < -0.4 is 5.32 Å². The highest BCUT2D eigenvalue weighted by molar-refractivity contribution is 5.79. The summed E-state index contributed by atoms with van der Waals surface area (Å²) in [4.78, 5) is 23.6. The highest BCUT2D eigenvalue weighted by Gasteiger charge is 2.25. The lowest BCUT2D eigenvalue weighted by molar-refractivity contribution is -0.131. The maximum atomic E-state index is 13.8. The second-order valence-corrected chi connectivity index (χ2v) is 7.04. The molecule has 0 bridgehead atoms. The maximum absolute atomic E-state index is 13.8. The minimum absolute atomic E-state index is 0.0567. The fourth-order valence-corrected chi connectivity index (χ4v) is 3.70. The summed E-state index contributed by atoms with van der Waals surface area (Å²) in [6.45, 7) is 2.14. The van der Waals surface area contributed by atoms with E-state index in [1.165, 1.54) is 18.9 Å². The number of carbonyl (C=O) groups is 1. The minimum Gasteiger partial charge on any atom is -0.338 e. The Kier molecular flexibility index (Phi) is 4.93. The zero-order valence-electron chi connectivity index (χ0n) is 14.7. The molecule has 1 saturated heterocycles. The standard InChI is InChI=1S/C20H23FN4O/c21-16-6-2-1-5-14(16)11-19(26)25-10-8-17-15(13-25)12-23-20(24-17)18-7-3-4-9-22-18/h1-2,5-6,12,18,22H,3-4,7-11,13H2/t18-/m1/s1. The molecule has 0 spiro atoms. The molecule has 2 aromatic rings. The SMILES string of the molecule is O=C(Cc1ccccc1F)N1CCc2nc([C@H]3CCCCN3)ncc2C1. The highest BCUT2D eigenvalue weighted by Crippen LogP contribution is 2.23. The van der Waals surface area contributed by atoms with Crippen LogP contribution in [0.5, 0.6) is 0 Å². The third kappa shape index (κ3) is 3.60. The van der Waals surface area contributed by atoms with E-state index < -0.39 is 0 Å². The monoisotopic (exact) mass is 354 g/mol. The number of piperidine rings is 1. The smallest absolute Gasteiger partial charge is 0.227 e. The van der Waals surface area contributed by atoms with Gasteiger partial charge in [0.25, 0.3) is 0 Å². The summed E-state index contributed by atoms with van der Waals surface area (Å²) >= 11 is 0. The molecule has 1 amide bonds. The van der Waals surface area contributed by atoms with Gasteiger partial charge >= 0.3 is 0 Å². The highest BCUT2D eigenvalue weighted by atomic mass is 19.1. The van der Waals surface area contributed by atoms with Crippen molar-refractivity contribution < 1.29 is 9.18 Å². The van der Waals surface area contributed by atoms with Crippen LogP contribution in [0.1, 0.15) is 47.9 Å². The van der Waals surface area contributed by atoms with Gasteiger partial charge in [-0.2, -0.15) is 0 Å². The predicted molar refractivity (Wildman–Crippen MR) is 95.9 cm³/mol. The molecule has 0 unspecified atom stereocenters. The van der Waals surface area contributed by atoms with E-state index in [1.54, 1.807) is 23.1 Å². The molecule has 1 aromatic carbocycles. The molecule has 0 saturated carbocycles. The van der Waals surface area contributed by atoms with Crippen molar-refractivity contribution in [1.82, 2.24) is 20.2 Å². The van der Waals surface area contributed by atoms with Gasteiger partial charge in [0, 0.05) is 31.3 Å². The molecule has 26 heavy (non-hydrogen) atoms. The Morgan fingerprint density at radius 1 is 1.31 bits per heavy atom. The van der Waals surface area contributed by atoms with Crippen molar-refractivity contribution >= 4 is 5.91 Å². The molecule has 5 nitrogen and oxygen atoms in total. The maximum Gasteiger partial charge on any atom is 0.227 e. The Labute approximate surface area is 152 Å². The number of hydrogen-bond acceptors (Lipinski definition) is 4. The molecule has 1 fully saturated rings. The van der Waals surface area contributed by atoms with Crippen LogP contribution in [0.3, 0.4) is 0 Å². The van der Waals surface area contributed by atoms with Crippen LogP contribution in [0.25, 0.3) is 0 Å². The predicted octanol–water partition coefficient (Wildman–Crippen LogP) is 2.56. The first kappa shape index (κ1) is 17.1. The van der Waals surface area contributed by atoms with Crippen molar-refractivity contribution in [3.63, 3.8) is 0 Å². The molecule has 1 atom stereocenters. The molecule has 2 aliphatic heterocycles. The number of hydrogen-bond donors (Lipinski definition) is 1. The largest absolute Gasteiger partial charge is 0.338 e. The molecule has 3 heterocycles. The first-order valence-electron chi connectivity index (χ1n) is 9.30. The summed E-state index contributed by atoms with van der Waals surface area (Å²) < 4.78 is 13.8. The first-order chi connectivity index (χ1) is 12.7. The van der Waals surface area contributed by atoms with E-state index in [9.17, 15) is 9.18 Å². The molecule has 0 radical (unpaired) electrons. The minimum atomic E-state index is -0.328. The summed E-state index contributed by atoms with van der Waals surface area (Å²) in [7, 11) is 0. The number of rotatable bonds is 3. The Morgan fingerprint density at radius 2 is 2.19 bits per heavy atom. The van der Waals surface area contributed by atoms with Crippen LogP contribution in [0.4, 0.5) is 4.39 Å². The third-order valence-electron chi connectivity index (χ3n) is 5.23. The van der Waals surface area contributed by atoms with Gasteiger partial charge in [0.05, 0.1) is 18.2 Å². The van der Waals surface area contributed by atoms with Gasteiger partial charge < -0.3 is 10.2 Å². The fourth-order valence-electron chi connectivity index (χ4n) is 3.70. The van der Waals surface area contributed by atoms with E-state index in [4.69, 9.17) is 4.98 Å². The zero-order valence-corrected chi connectivity index (χ0v) is 14.7. The van der Waals surface area contributed by atoms with Gasteiger partial charge in [0.1, 0.15) is 11.6 Å². The van der Waals surface area contributed by atoms with E-state index in [2.05, 4.69) is 10.3 Å². The summed E-state index contributed by atoms with van der Waals surface area (Å²) in [6.07, 6.45) is 6.16. The van der Waals surface area contributed by atoms with E-state index in [-0.39, 0.29) is 24.2 Å². The normalized spacial score (nSPS) is 19.9. The molecule has 0 aliphatic carbocycles. The molecular weight excluding hydrogens is 331 g/mol. The molecule has 4 rings (SSSR count). The van der Waals surface area contributed by atoms with Gasteiger partial charge in [-0.05, 0) is 31.0 Å². The number of fused-ring (bicyclic) bond motifs is 1. The van der Waals surface area contributed by atoms with E-state index in [0.29, 0.717) is 18.7 Å². The van der Waals surface area contributed by atoms with Crippen molar-refractivity contribution in [2.75, 3.05) is 13.1 Å². The number of halogens is 1. The number of benzene rings is 1. The number of carbonyl (C=O) groups excluding carboxylic acids is 1. The van der Waals surface area contributed by atoms with Gasteiger partial charge in [-0.3, -0.25) is 4.79 Å². The van der Waals surface area contributed by atoms with E-state index >= 15 is 0 Å². The van der Waals surface area contributed by atoms with Crippen LogP contribution >= 0.6 is 0 Å². The van der Waals surface area contributed by atoms with Gasteiger partial charge in [-0.25, -0.2) is 14.4 Å². The van der Waals surface area contributed by atoms with Gasteiger partial charge in [-0.1, -0.05) is 24.6 Å². The lowest BCUT2D eigenvalue weighted by atomic mass is 10.0. The summed E-state index contributed by atoms with van der Waals surface area (Å²) in [5.41, 5.74) is 2.48. The van der Waals surface area contributed by atoms with Crippen molar-refractivity contribution in [2.45, 2.75) is 44.7 Å². The Morgan fingerprint density at radius 3 is 3.00 bits per heavy atom. The van der Waals surface area contributed by atoms with E-state index in [0.717, 1.165) is 36.5 Å². The quantitative estimate of drug-likeness (QED) is 0.920. The van der Waals surface area contributed by atoms with Crippen LogP contribution in [-0.2, 0) is 24.2 Å². The summed E-state index contributed by atoms with van der Waals surface area (Å²) in [5.74, 6) is 0.486. The third-order valence-corrected chi connectivity index (χ3v) is 5.23. The Hall–Kier alpha value is -2.34. The van der Waals surface area contributed by atoms with Crippen molar-refractivity contribution in [2.24, 2.45) is 0 Å². The first-order valence-corrected chi connectivity index (χ1v) is 9.30. The number of nitrogens with zero attached hydrogens (tertiary/aromatic N) is 3. The van der Waals surface area contributed by atoms with Crippen LogP contribution in [0.2, 0.25) is 0 Å². The van der Waals surface area contributed by atoms with Crippen LogP contribution in [-0.4, -0.2) is 33.9 Å². The average molecular weight is 354 g/mol. The lowest BCUT2D eigenvalue weighted by Crippen LogP contribution is -2.38. The summed E-state index contributed by atoms with van der Waals surface area (Å²) in [6, 6.07) is 6.69.